The van der Waals surface area contributed by atoms with Crippen LogP contribution in [0.25, 0.3) is 221 Å². The van der Waals surface area contributed by atoms with E-state index in [1.165, 1.54) is 137 Å². The van der Waals surface area contributed by atoms with Gasteiger partial charge < -0.3 is 13.7 Å². The molecule has 492 valence electrons. The zero-order valence-corrected chi connectivity index (χ0v) is 59.3. The second-order valence-electron chi connectivity index (χ2n) is 28.0. The van der Waals surface area contributed by atoms with Crippen LogP contribution in [0.2, 0.25) is 0 Å². The second kappa shape index (κ2) is 23.2. The number of aromatic nitrogens is 5. The van der Waals surface area contributed by atoms with Crippen molar-refractivity contribution < 1.29 is 0 Å². The first-order chi connectivity index (χ1) is 52.5. The van der Waals surface area contributed by atoms with E-state index in [1.54, 1.807) is 0 Å². The van der Waals surface area contributed by atoms with Crippen molar-refractivity contribution in [2.45, 2.75) is 0 Å². The maximum Gasteiger partial charge on any atom is 0.160 e. The highest BCUT2D eigenvalue weighted by atomic mass is 32.1. The van der Waals surface area contributed by atoms with Gasteiger partial charge in [-0.15, -0.1) is 34.0 Å². The van der Waals surface area contributed by atoms with Crippen molar-refractivity contribution in [3.63, 3.8) is 0 Å². The predicted molar refractivity (Wildman–Crippen MR) is 454 cm³/mol. The molecule has 23 aromatic rings. The van der Waals surface area contributed by atoms with E-state index in [4.69, 9.17) is 9.97 Å². The normalized spacial score (nSPS) is 12.2. The highest BCUT2D eigenvalue weighted by Gasteiger charge is 2.22. The monoisotopic (exact) mass is 1400 g/mol. The number of hydrogen-bond acceptors (Lipinski definition) is 5. The zero-order valence-electron chi connectivity index (χ0n) is 56.9. The Hall–Kier alpha value is -13.1. The minimum Gasteiger partial charge on any atom is -0.309 e. The average molecular weight is 1400 g/mol. The Morgan fingerprint density at radius 1 is 0.179 bits per heavy atom. The number of thiophene rings is 3. The maximum absolute atomic E-state index is 5.72. The lowest BCUT2D eigenvalue weighted by Gasteiger charge is -2.14. The molecule has 0 bridgehead atoms. The minimum atomic E-state index is 0.655. The van der Waals surface area contributed by atoms with Gasteiger partial charge in [-0.25, -0.2) is 9.97 Å². The maximum atomic E-state index is 5.72. The first-order valence-corrected chi connectivity index (χ1v) is 38.4. The summed E-state index contributed by atoms with van der Waals surface area (Å²) in [5.41, 5.74) is 23.2. The molecule has 23 rings (SSSR count). The predicted octanol–water partition coefficient (Wildman–Crippen LogP) is 28.0. The number of para-hydroxylation sites is 3. The topological polar surface area (TPSA) is 40.6 Å². The molecule has 0 fully saturated rings. The molecule has 0 saturated carbocycles. The number of nitrogens with zero attached hydrogens (tertiary/aromatic N) is 5. The van der Waals surface area contributed by atoms with E-state index in [9.17, 15) is 0 Å². The van der Waals surface area contributed by atoms with Crippen LogP contribution in [0.15, 0.2) is 346 Å². The second-order valence-corrected chi connectivity index (χ2v) is 31.2. The molecule has 0 unspecified atom stereocenters. The molecular weight excluding hydrogens is 1340 g/mol. The summed E-state index contributed by atoms with van der Waals surface area (Å²) in [7, 11) is 0. The molecule has 0 amide bonds. The molecule has 0 radical (unpaired) electrons. The fraction of sp³-hybridized carbons (Fsp3) is 0. The van der Waals surface area contributed by atoms with Crippen LogP contribution in [0.3, 0.4) is 0 Å². The molecule has 0 saturated heterocycles. The molecule has 106 heavy (non-hydrogen) atoms. The molecule has 16 aromatic carbocycles. The fourth-order valence-electron chi connectivity index (χ4n) is 17.0. The molecule has 0 spiro atoms. The molecule has 0 aliphatic heterocycles. The third-order valence-electron chi connectivity index (χ3n) is 22.1. The highest BCUT2D eigenvalue weighted by Crippen LogP contribution is 2.45. The van der Waals surface area contributed by atoms with Crippen molar-refractivity contribution >= 4 is 171 Å². The first-order valence-electron chi connectivity index (χ1n) is 36.0. The van der Waals surface area contributed by atoms with Gasteiger partial charge in [-0.05, 0) is 166 Å². The molecule has 7 heterocycles. The van der Waals surface area contributed by atoms with Crippen molar-refractivity contribution in [1.82, 2.24) is 23.7 Å². The third kappa shape index (κ3) is 9.25. The van der Waals surface area contributed by atoms with Crippen molar-refractivity contribution in [2.75, 3.05) is 0 Å². The number of benzene rings is 16. The van der Waals surface area contributed by atoms with Crippen LogP contribution in [0.1, 0.15) is 0 Å². The van der Waals surface area contributed by atoms with Crippen molar-refractivity contribution in [2.24, 2.45) is 0 Å². The van der Waals surface area contributed by atoms with Crippen LogP contribution in [0, 0.1) is 0 Å². The van der Waals surface area contributed by atoms with Gasteiger partial charge in [-0.1, -0.05) is 224 Å². The summed E-state index contributed by atoms with van der Waals surface area (Å²) >= 11 is 5.59. The fourth-order valence-corrected chi connectivity index (χ4v) is 20.4. The Morgan fingerprint density at radius 2 is 0.509 bits per heavy atom. The molecular formula is C98H57N5S3. The molecule has 7 aromatic heterocycles. The van der Waals surface area contributed by atoms with Gasteiger partial charge >= 0.3 is 0 Å². The average Bonchev–Trinajstić information content (AvgIpc) is 1.59. The van der Waals surface area contributed by atoms with Crippen molar-refractivity contribution in [3.8, 4) is 84.2 Å². The van der Waals surface area contributed by atoms with Crippen LogP contribution < -0.4 is 0 Å². The highest BCUT2D eigenvalue weighted by molar-refractivity contribution is 7.26. The lowest BCUT2D eigenvalue weighted by molar-refractivity contribution is 1.17. The molecule has 8 heteroatoms. The Kier molecular flexibility index (Phi) is 13.0. The van der Waals surface area contributed by atoms with Crippen LogP contribution in [0.4, 0.5) is 0 Å². The summed E-state index contributed by atoms with van der Waals surface area (Å²) in [5.74, 6) is 0.655. The summed E-state index contributed by atoms with van der Waals surface area (Å²) in [5, 5.41) is 16.1. The largest absolute Gasteiger partial charge is 0.309 e. The molecule has 0 aliphatic carbocycles. The van der Waals surface area contributed by atoms with E-state index in [0.717, 1.165) is 78.0 Å². The Bertz CT molecular complexity index is 7650. The lowest BCUT2D eigenvalue weighted by atomic mass is 9.99. The smallest absolute Gasteiger partial charge is 0.160 e. The number of rotatable bonds is 9. The van der Waals surface area contributed by atoms with E-state index >= 15 is 0 Å². The SMILES string of the molecule is c1cc(-c2nc(-c3ccc(-n4c5ccccc5c5ccc(-c6ccc7c(c6)sc6ccccc67)cc54)cc3)c3cc(-c4ccc(-n5c6ccccc6c6ccc(-c7ccc8c(c7)sc7ccccc78)cc65)cc4)ccc3n2)cc(-n2c3ccccc3c3ccc(-c4ccc5c(c4)sc4ccccc45)cc32)c1. The van der Waals surface area contributed by atoms with E-state index in [-0.39, 0.29) is 0 Å². The molecule has 0 atom stereocenters. The van der Waals surface area contributed by atoms with Crippen molar-refractivity contribution in [3.05, 3.63) is 346 Å². The molecule has 0 N–H and O–H groups in total. The van der Waals surface area contributed by atoms with Gasteiger partial charge in [0, 0.05) is 126 Å². The Morgan fingerprint density at radius 3 is 0.953 bits per heavy atom. The van der Waals surface area contributed by atoms with Gasteiger partial charge in [0.25, 0.3) is 0 Å². The Labute approximate surface area is 619 Å². The van der Waals surface area contributed by atoms with E-state index in [2.05, 4.69) is 359 Å². The van der Waals surface area contributed by atoms with Gasteiger partial charge in [0.05, 0.1) is 44.3 Å². The van der Waals surface area contributed by atoms with Crippen LogP contribution in [0.5, 0.6) is 0 Å². The quantitative estimate of drug-likeness (QED) is 0.144. The summed E-state index contributed by atoms with van der Waals surface area (Å²) in [6.07, 6.45) is 0. The van der Waals surface area contributed by atoms with Crippen LogP contribution in [-0.4, -0.2) is 23.7 Å². The zero-order chi connectivity index (χ0) is 69.2. The standard InChI is InChI=1S/C98H57N5S3/c1-7-22-85-71(16-1)74-43-32-61(64-35-46-80-77-19-4-10-25-91(77)104-94(80)55-64)52-88(74)101(85)68-39-28-58(29-40-68)60-38-49-84-83(51-60)97(59-30-41-69(42-31-59)102-86-23-8-2-17-72(86)75-44-33-62(53-89(75)102)65-36-47-81-78-20-5-11-26-92(78)105-95(81)56-65)100-98(99-84)67-14-13-15-70(50-67)103-87-24-9-3-18-73(87)76-45-34-63(54-90(76)103)66-37-48-82-79-21-6-12-27-93(79)106-96(82)57-66/h1-57H. The van der Waals surface area contributed by atoms with Gasteiger partial charge in [0.2, 0.25) is 0 Å². The summed E-state index contributed by atoms with van der Waals surface area (Å²) in [6, 6.07) is 128. The first kappa shape index (κ1) is 59.4. The van der Waals surface area contributed by atoms with Gasteiger partial charge in [-0.2, -0.15) is 0 Å². The molecule has 5 nitrogen and oxygen atoms in total. The third-order valence-corrected chi connectivity index (χ3v) is 25.5. The minimum absolute atomic E-state index is 0.655. The van der Waals surface area contributed by atoms with Gasteiger partial charge in [0.1, 0.15) is 0 Å². The summed E-state index contributed by atoms with van der Waals surface area (Å²) in [6.45, 7) is 0. The summed E-state index contributed by atoms with van der Waals surface area (Å²) < 4.78 is 15.1. The lowest BCUT2D eigenvalue weighted by Crippen LogP contribution is -1.99. The van der Waals surface area contributed by atoms with Crippen molar-refractivity contribution in [1.29, 1.82) is 0 Å². The molecule has 0 aliphatic rings. The van der Waals surface area contributed by atoms with Gasteiger partial charge in [0.15, 0.2) is 5.82 Å². The van der Waals surface area contributed by atoms with Gasteiger partial charge in [-0.3, -0.25) is 0 Å². The van der Waals surface area contributed by atoms with Crippen LogP contribution in [-0.2, 0) is 0 Å². The Balaban J connectivity index is 0.653. The van der Waals surface area contributed by atoms with Crippen LogP contribution >= 0.6 is 34.0 Å². The van der Waals surface area contributed by atoms with E-state index in [0.29, 0.717) is 5.82 Å². The number of fused-ring (bicyclic) bond motifs is 19. The summed E-state index contributed by atoms with van der Waals surface area (Å²) in [4.78, 5) is 11.3. The number of hydrogen-bond donors (Lipinski definition) is 0. The van der Waals surface area contributed by atoms with E-state index in [1.807, 2.05) is 34.0 Å². The van der Waals surface area contributed by atoms with E-state index < -0.39 is 0 Å².